The fraction of sp³-hybridized carbons (Fsp3) is 0.941. The lowest BCUT2D eigenvalue weighted by Gasteiger charge is -2.33. The Morgan fingerprint density at radius 3 is 2.05 bits per heavy atom. The lowest BCUT2D eigenvalue weighted by atomic mass is 9.86. The average molecular weight is 333 g/mol. The van der Waals surface area contributed by atoms with Gasteiger partial charge in [-0.3, -0.25) is 0 Å². The Balaban J connectivity index is 0.00000242. The van der Waals surface area contributed by atoms with Gasteiger partial charge >= 0.3 is 5.97 Å². The molecule has 0 aromatic rings. The number of piperidine rings is 2. The molecule has 2 aliphatic heterocycles. The summed E-state index contributed by atoms with van der Waals surface area (Å²) in [4.78, 5) is 17.4. The quantitative estimate of drug-likeness (QED) is 0.856. The van der Waals surface area contributed by atoms with Gasteiger partial charge in [0.15, 0.2) is 0 Å². The largest absolute Gasteiger partial charge is 0.367 e. The van der Waals surface area contributed by atoms with E-state index in [2.05, 4.69) is 5.32 Å². The third-order valence-electron chi connectivity index (χ3n) is 4.84. The molecule has 2 heterocycles. The molecule has 5 heteroatoms. The van der Waals surface area contributed by atoms with Crippen LogP contribution < -0.4 is 5.32 Å². The standard InChI is InChI=1S/C17H32N2O2.ClH/c1-17(2,3)16(20)21-19-12-8-15(9-13-19)5-4-14-6-10-18-11-7-14;/h14-15,18H,4-13H2,1-3H3;1H. The number of hydrogen-bond donors (Lipinski definition) is 1. The Bertz CT molecular complexity index is 330. The molecule has 2 rings (SSSR count). The third-order valence-corrected chi connectivity index (χ3v) is 4.84. The van der Waals surface area contributed by atoms with Crippen LogP contribution in [0, 0.1) is 17.3 Å². The van der Waals surface area contributed by atoms with E-state index in [1.165, 1.54) is 51.6 Å². The van der Waals surface area contributed by atoms with Crippen LogP contribution in [-0.4, -0.2) is 37.2 Å². The van der Waals surface area contributed by atoms with Gasteiger partial charge in [-0.1, -0.05) is 12.8 Å². The Kier molecular flexibility index (Phi) is 8.15. The number of nitrogens with one attached hydrogen (secondary N) is 1. The summed E-state index contributed by atoms with van der Waals surface area (Å²) < 4.78 is 0. The van der Waals surface area contributed by atoms with Crippen molar-refractivity contribution in [1.82, 2.24) is 10.4 Å². The van der Waals surface area contributed by atoms with Gasteiger partial charge in [0, 0.05) is 13.1 Å². The van der Waals surface area contributed by atoms with Gasteiger partial charge in [-0.05, 0) is 71.4 Å². The van der Waals surface area contributed by atoms with Crippen LogP contribution in [-0.2, 0) is 9.63 Å². The van der Waals surface area contributed by atoms with Crippen LogP contribution in [0.15, 0.2) is 0 Å². The highest BCUT2D eigenvalue weighted by Crippen LogP contribution is 2.27. The summed E-state index contributed by atoms with van der Waals surface area (Å²) in [5, 5.41) is 5.30. The average Bonchev–Trinajstić information content (AvgIpc) is 2.46. The minimum atomic E-state index is -0.411. The maximum atomic E-state index is 11.9. The maximum Gasteiger partial charge on any atom is 0.330 e. The van der Waals surface area contributed by atoms with Gasteiger partial charge in [0.25, 0.3) is 0 Å². The van der Waals surface area contributed by atoms with Gasteiger partial charge in [-0.2, -0.15) is 0 Å². The molecule has 0 atom stereocenters. The normalized spacial score (nSPS) is 22.1. The third kappa shape index (κ3) is 6.43. The number of halogens is 1. The number of hydrogen-bond acceptors (Lipinski definition) is 4. The molecule has 0 aromatic heterocycles. The zero-order chi connectivity index (χ0) is 15.3. The van der Waals surface area contributed by atoms with Crippen LogP contribution >= 0.6 is 12.4 Å². The van der Waals surface area contributed by atoms with Crippen molar-refractivity contribution in [3.63, 3.8) is 0 Å². The predicted molar refractivity (Wildman–Crippen MR) is 91.9 cm³/mol. The molecule has 1 N–H and O–H groups in total. The van der Waals surface area contributed by atoms with E-state index in [4.69, 9.17) is 4.84 Å². The topological polar surface area (TPSA) is 41.6 Å². The summed E-state index contributed by atoms with van der Waals surface area (Å²) >= 11 is 0. The summed E-state index contributed by atoms with van der Waals surface area (Å²) in [6.07, 6.45) is 7.77. The number of rotatable bonds is 4. The fourth-order valence-electron chi connectivity index (χ4n) is 3.19. The van der Waals surface area contributed by atoms with Crippen molar-refractivity contribution in [3.05, 3.63) is 0 Å². The summed E-state index contributed by atoms with van der Waals surface area (Å²) in [7, 11) is 0. The van der Waals surface area contributed by atoms with Crippen LogP contribution in [0.3, 0.4) is 0 Å². The smallest absolute Gasteiger partial charge is 0.330 e. The highest BCUT2D eigenvalue weighted by molar-refractivity contribution is 5.85. The molecule has 2 fully saturated rings. The molecule has 22 heavy (non-hydrogen) atoms. The molecule has 0 spiro atoms. The summed E-state index contributed by atoms with van der Waals surface area (Å²) in [6, 6.07) is 0. The zero-order valence-electron chi connectivity index (χ0n) is 14.4. The maximum absolute atomic E-state index is 11.9. The molecule has 0 saturated carbocycles. The number of carbonyl (C=O) groups is 1. The summed E-state index contributed by atoms with van der Waals surface area (Å²) in [5.41, 5.74) is -0.411. The number of hydroxylamine groups is 2. The Hall–Kier alpha value is -0.320. The molecule has 130 valence electrons. The molecule has 0 aromatic carbocycles. The SMILES string of the molecule is CC(C)(C)C(=O)ON1CCC(CCC2CCNCC2)CC1.Cl. The van der Waals surface area contributed by atoms with Crippen molar-refractivity contribution in [2.45, 2.75) is 59.3 Å². The van der Waals surface area contributed by atoms with Crippen molar-refractivity contribution < 1.29 is 9.63 Å². The van der Waals surface area contributed by atoms with Gasteiger partial charge < -0.3 is 10.2 Å². The summed E-state index contributed by atoms with van der Waals surface area (Å²) in [6.45, 7) is 9.92. The Morgan fingerprint density at radius 1 is 1.05 bits per heavy atom. The van der Waals surface area contributed by atoms with E-state index in [9.17, 15) is 4.79 Å². The Labute approximate surface area is 141 Å². The van der Waals surface area contributed by atoms with E-state index in [0.717, 1.165) is 24.9 Å². The molecule has 0 bridgehead atoms. The molecule has 0 amide bonds. The first-order chi connectivity index (χ1) is 9.95. The second kappa shape index (κ2) is 9.09. The minimum Gasteiger partial charge on any atom is -0.367 e. The van der Waals surface area contributed by atoms with Crippen molar-refractivity contribution in [3.8, 4) is 0 Å². The van der Waals surface area contributed by atoms with Crippen LogP contribution in [0.25, 0.3) is 0 Å². The molecule has 2 saturated heterocycles. The molecular formula is C17H33ClN2O2. The first-order valence-corrected chi connectivity index (χ1v) is 8.63. The van der Waals surface area contributed by atoms with E-state index in [0.29, 0.717) is 0 Å². The zero-order valence-corrected chi connectivity index (χ0v) is 15.2. The van der Waals surface area contributed by atoms with Crippen LogP contribution in [0.4, 0.5) is 0 Å². The first-order valence-electron chi connectivity index (χ1n) is 8.63. The minimum absolute atomic E-state index is 0. The van der Waals surface area contributed by atoms with E-state index in [1.807, 2.05) is 25.8 Å². The molecule has 0 aliphatic carbocycles. The van der Waals surface area contributed by atoms with Crippen molar-refractivity contribution in [2.75, 3.05) is 26.2 Å². The van der Waals surface area contributed by atoms with Gasteiger partial charge in [-0.15, -0.1) is 17.5 Å². The first kappa shape index (κ1) is 19.7. The molecule has 4 nitrogen and oxygen atoms in total. The fourth-order valence-corrected chi connectivity index (χ4v) is 3.19. The van der Waals surface area contributed by atoms with Crippen LogP contribution in [0.5, 0.6) is 0 Å². The van der Waals surface area contributed by atoms with E-state index >= 15 is 0 Å². The van der Waals surface area contributed by atoms with Crippen molar-refractivity contribution in [1.29, 1.82) is 0 Å². The van der Waals surface area contributed by atoms with Gasteiger partial charge in [-0.25, -0.2) is 4.79 Å². The van der Waals surface area contributed by atoms with Gasteiger partial charge in [0.05, 0.1) is 5.41 Å². The predicted octanol–water partition coefficient (Wildman–Crippen LogP) is 3.40. The lowest BCUT2D eigenvalue weighted by Crippen LogP contribution is -2.39. The number of nitrogens with zero attached hydrogens (tertiary/aromatic N) is 1. The second-order valence-electron chi connectivity index (χ2n) is 7.77. The Morgan fingerprint density at radius 2 is 1.55 bits per heavy atom. The highest BCUT2D eigenvalue weighted by Gasteiger charge is 2.28. The van der Waals surface area contributed by atoms with E-state index < -0.39 is 5.41 Å². The second-order valence-corrected chi connectivity index (χ2v) is 7.77. The monoisotopic (exact) mass is 332 g/mol. The van der Waals surface area contributed by atoms with E-state index in [1.54, 1.807) is 0 Å². The van der Waals surface area contributed by atoms with Gasteiger partial charge in [0.1, 0.15) is 0 Å². The van der Waals surface area contributed by atoms with Crippen LogP contribution in [0.2, 0.25) is 0 Å². The van der Waals surface area contributed by atoms with Crippen LogP contribution in [0.1, 0.15) is 59.3 Å². The number of carbonyl (C=O) groups excluding carboxylic acids is 1. The molecule has 0 radical (unpaired) electrons. The molecule has 2 aliphatic rings. The molecule has 0 unspecified atom stereocenters. The van der Waals surface area contributed by atoms with E-state index in [-0.39, 0.29) is 18.4 Å². The summed E-state index contributed by atoms with van der Waals surface area (Å²) in [5.74, 6) is 1.64. The van der Waals surface area contributed by atoms with Gasteiger partial charge in [0.2, 0.25) is 0 Å². The van der Waals surface area contributed by atoms with Crippen molar-refractivity contribution in [2.24, 2.45) is 17.3 Å². The molecular weight excluding hydrogens is 300 g/mol. The lowest BCUT2D eigenvalue weighted by molar-refractivity contribution is -0.206. The highest BCUT2D eigenvalue weighted by atomic mass is 35.5. The van der Waals surface area contributed by atoms with Crippen molar-refractivity contribution >= 4 is 18.4 Å².